The van der Waals surface area contributed by atoms with Crippen LogP contribution in [0.25, 0.3) is 0 Å². The van der Waals surface area contributed by atoms with E-state index >= 15 is 0 Å². The van der Waals surface area contributed by atoms with Crippen molar-refractivity contribution >= 4 is 11.6 Å². The number of rotatable bonds is 2. The van der Waals surface area contributed by atoms with Crippen LogP contribution in [0.1, 0.15) is 34.3 Å². The lowest BCUT2D eigenvalue weighted by Gasteiger charge is -2.14. The van der Waals surface area contributed by atoms with Crippen LogP contribution in [-0.2, 0) is 0 Å². The molecule has 17 heavy (non-hydrogen) atoms. The molecule has 0 radical (unpaired) electrons. The van der Waals surface area contributed by atoms with Crippen LogP contribution in [0.5, 0.6) is 0 Å². The number of halogens is 1. The SMILES string of the molecule is Cc1oc(C)c(C(N)c2ccccc2Cl)c1C. The summed E-state index contributed by atoms with van der Waals surface area (Å²) in [7, 11) is 0. The number of nitrogens with two attached hydrogens (primary N) is 1. The molecule has 2 nitrogen and oxygen atoms in total. The summed E-state index contributed by atoms with van der Waals surface area (Å²) in [6.07, 6.45) is 0. The van der Waals surface area contributed by atoms with Crippen molar-refractivity contribution in [1.82, 2.24) is 0 Å². The average Bonchev–Trinajstić information content (AvgIpc) is 2.53. The highest BCUT2D eigenvalue weighted by Gasteiger charge is 2.20. The molecule has 1 atom stereocenters. The summed E-state index contributed by atoms with van der Waals surface area (Å²) < 4.78 is 5.60. The molecule has 3 heteroatoms. The summed E-state index contributed by atoms with van der Waals surface area (Å²) in [5.41, 5.74) is 9.36. The van der Waals surface area contributed by atoms with Crippen LogP contribution in [0.15, 0.2) is 28.7 Å². The highest BCUT2D eigenvalue weighted by atomic mass is 35.5. The quantitative estimate of drug-likeness (QED) is 0.877. The second kappa shape index (κ2) is 4.55. The Hall–Kier alpha value is -1.25. The fourth-order valence-electron chi connectivity index (χ4n) is 2.15. The molecule has 0 saturated carbocycles. The van der Waals surface area contributed by atoms with Gasteiger partial charge in [0.05, 0.1) is 6.04 Å². The fourth-order valence-corrected chi connectivity index (χ4v) is 2.40. The Labute approximate surface area is 106 Å². The maximum Gasteiger partial charge on any atom is 0.106 e. The Kier molecular flexibility index (Phi) is 3.27. The van der Waals surface area contributed by atoms with Crippen molar-refractivity contribution in [2.24, 2.45) is 5.73 Å². The molecule has 2 N–H and O–H groups in total. The van der Waals surface area contributed by atoms with Crippen LogP contribution in [0, 0.1) is 20.8 Å². The summed E-state index contributed by atoms with van der Waals surface area (Å²) >= 11 is 6.17. The van der Waals surface area contributed by atoms with E-state index in [0.717, 1.165) is 28.2 Å². The number of hydrogen-bond donors (Lipinski definition) is 1. The minimum atomic E-state index is -0.235. The van der Waals surface area contributed by atoms with Crippen LogP contribution in [-0.4, -0.2) is 0 Å². The molecule has 0 amide bonds. The molecular weight excluding hydrogens is 234 g/mol. The Morgan fingerprint density at radius 1 is 1.12 bits per heavy atom. The van der Waals surface area contributed by atoms with E-state index in [1.807, 2.05) is 45.0 Å². The number of hydrogen-bond acceptors (Lipinski definition) is 2. The maximum atomic E-state index is 6.29. The van der Waals surface area contributed by atoms with Crippen LogP contribution in [0.3, 0.4) is 0 Å². The van der Waals surface area contributed by atoms with Gasteiger partial charge in [0, 0.05) is 10.6 Å². The van der Waals surface area contributed by atoms with E-state index in [4.69, 9.17) is 21.8 Å². The summed E-state index contributed by atoms with van der Waals surface area (Å²) in [5, 5.41) is 0.692. The monoisotopic (exact) mass is 249 g/mol. The van der Waals surface area contributed by atoms with Gasteiger partial charge in [-0.15, -0.1) is 0 Å². The number of furan rings is 1. The van der Waals surface area contributed by atoms with E-state index in [1.165, 1.54) is 0 Å². The van der Waals surface area contributed by atoms with E-state index in [9.17, 15) is 0 Å². The first-order chi connectivity index (χ1) is 8.02. The zero-order valence-corrected chi connectivity index (χ0v) is 11.0. The molecule has 0 aliphatic carbocycles. The fraction of sp³-hybridized carbons (Fsp3) is 0.286. The van der Waals surface area contributed by atoms with Crippen LogP contribution in [0.4, 0.5) is 0 Å². The Balaban J connectivity index is 2.51. The van der Waals surface area contributed by atoms with Crippen molar-refractivity contribution < 1.29 is 4.42 Å². The van der Waals surface area contributed by atoms with Crippen LogP contribution >= 0.6 is 11.6 Å². The second-order valence-corrected chi connectivity index (χ2v) is 4.66. The molecule has 0 aliphatic rings. The lowest BCUT2D eigenvalue weighted by Crippen LogP contribution is -2.13. The van der Waals surface area contributed by atoms with Crippen molar-refractivity contribution in [2.45, 2.75) is 26.8 Å². The van der Waals surface area contributed by atoms with Gasteiger partial charge < -0.3 is 10.2 Å². The summed E-state index contributed by atoms with van der Waals surface area (Å²) in [6.45, 7) is 5.91. The van der Waals surface area contributed by atoms with Gasteiger partial charge in [0.15, 0.2) is 0 Å². The van der Waals surface area contributed by atoms with Gasteiger partial charge in [-0.2, -0.15) is 0 Å². The molecule has 1 aromatic carbocycles. The van der Waals surface area contributed by atoms with Gasteiger partial charge >= 0.3 is 0 Å². The first kappa shape index (κ1) is 12.2. The molecule has 0 fully saturated rings. The minimum Gasteiger partial charge on any atom is -0.466 e. The van der Waals surface area contributed by atoms with Gasteiger partial charge in [0.1, 0.15) is 11.5 Å². The first-order valence-electron chi connectivity index (χ1n) is 5.59. The normalized spacial score (nSPS) is 12.8. The van der Waals surface area contributed by atoms with Gasteiger partial charge in [0.2, 0.25) is 0 Å². The van der Waals surface area contributed by atoms with Crippen molar-refractivity contribution in [3.63, 3.8) is 0 Å². The lowest BCUT2D eigenvalue weighted by atomic mass is 9.96. The highest BCUT2D eigenvalue weighted by Crippen LogP contribution is 2.32. The molecule has 1 heterocycles. The summed E-state index contributed by atoms with van der Waals surface area (Å²) in [5.74, 6) is 1.78. The zero-order valence-electron chi connectivity index (χ0n) is 10.3. The average molecular weight is 250 g/mol. The van der Waals surface area contributed by atoms with E-state index in [2.05, 4.69) is 0 Å². The molecule has 2 aromatic rings. The van der Waals surface area contributed by atoms with Gasteiger partial charge in [0.25, 0.3) is 0 Å². The summed E-state index contributed by atoms with van der Waals surface area (Å²) in [4.78, 5) is 0. The smallest absolute Gasteiger partial charge is 0.106 e. The molecule has 1 unspecified atom stereocenters. The third-order valence-electron chi connectivity index (χ3n) is 3.17. The molecule has 0 aliphatic heterocycles. The summed E-state index contributed by atoms with van der Waals surface area (Å²) in [6, 6.07) is 7.42. The molecule has 0 saturated heterocycles. The van der Waals surface area contributed by atoms with Gasteiger partial charge in [-0.3, -0.25) is 0 Å². The van der Waals surface area contributed by atoms with Crippen molar-refractivity contribution in [3.05, 3.63) is 57.5 Å². The molecule has 0 spiro atoms. The zero-order chi connectivity index (χ0) is 12.6. The van der Waals surface area contributed by atoms with Crippen LogP contribution < -0.4 is 5.73 Å². The van der Waals surface area contributed by atoms with E-state index in [-0.39, 0.29) is 6.04 Å². The lowest BCUT2D eigenvalue weighted by molar-refractivity contribution is 0.498. The molecule has 90 valence electrons. The van der Waals surface area contributed by atoms with Gasteiger partial charge in [-0.25, -0.2) is 0 Å². The van der Waals surface area contributed by atoms with Gasteiger partial charge in [-0.05, 0) is 38.0 Å². The third-order valence-corrected chi connectivity index (χ3v) is 3.51. The predicted octanol–water partition coefficient (Wildman–Crippen LogP) is 3.91. The van der Waals surface area contributed by atoms with E-state index < -0.39 is 0 Å². The van der Waals surface area contributed by atoms with Gasteiger partial charge in [-0.1, -0.05) is 29.8 Å². The van der Waals surface area contributed by atoms with Crippen LogP contribution in [0.2, 0.25) is 5.02 Å². The van der Waals surface area contributed by atoms with Crippen molar-refractivity contribution in [1.29, 1.82) is 0 Å². The van der Waals surface area contributed by atoms with Crippen molar-refractivity contribution in [2.75, 3.05) is 0 Å². The molecular formula is C14H16ClNO. The standard InChI is InChI=1S/C14H16ClNO/c1-8-9(2)17-10(3)13(8)14(16)11-6-4-5-7-12(11)15/h4-7,14H,16H2,1-3H3. The van der Waals surface area contributed by atoms with Crippen molar-refractivity contribution in [3.8, 4) is 0 Å². The second-order valence-electron chi connectivity index (χ2n) is 4.25. The maximum absolute atomic E-state index is 6.29. The molecule has 0 bridgehead atoms. The topological polar surface area (TPSA) is 39.2 Å². The Morgan fingerprint density at radius 3 is 2.29 bits per heavy atom. The Morgan fingerprint density at radius 2 is 1.76 bits per heavy atom. The molecule has 2 rings (SSSR count). The minimum absolute atomic E-state index is 0.235. The third kappa shape index (κ3) is 2.11. The molecule has 1 aromatic heterocycles. The highest BCUT2D eigenvalue weighted by molar-refractivity contribution is 6.31. The predicted molar refractivity (Wildman–Crippen MR) is 70.4 cm³/mol. The first-order valence-corrected chi connectivity index (χ1v) is 5.96. The number of aryl methyl sites for hydroxylation is 2. The van der Waals surface area contributed by atoms with E-state index in [0.29, 0.717) is 5.02 Å². The Bertz CT molecular complexity index is 545. The largest absolute Gasteiger partial charge is 0.466 e. The number of benzene rings is 1. The van der Waals surface area contributed by atoms with E-state index in [1.54, 1.807) is 0 Å².